The summed E-state index contributed by atoms with van der Waals surface area (Å²) in [7, 11) is 1.98. The van der Waals surface area contributed by atoms with Gasteiger partial charge in [0.1, 0.15) is 0 Å². The average molecular weight is 330 g/mol. The first kappa shape index (κ1) is 17.3. The van der Waals surface area contributed by atoms with Gasteiger partial charge in [0.25, 0.3) is 0 Å². The normalized spacial score (nSPS) is 24.8. The Bertz CT molecular complexity index is 581. The van der Waals surface area contributed by atoms with Gasteiger partial charge < -0.3 is 15.4 Å². The van der Waals surface area contributed by atoms with Gasteiger partial charge >= 0.3 is 0 Å². The molecule has 2 aliphatic carbocycles. The number of hydrogen-bond acceptors (Lipinski definition) is 3. The van der Waals surface area contributed by atoms with Gasteiger partial charge in [-0.1, -0.05) is 31.0 Å². The average Bonchev–Trinajstić information content (AvgIpc) is 3.09. The predicted octanol–water partition coefficient (Wildman–Crippen LogP) is 3.40. The van der Waals surface area contributed by atoms with Crippen LogP contribution in [0.2, 0.25) is 0 Å². The second-order valence-electron chi connectivity index (χ2n) is 7.34. The van der Waals surface area contributed by atoms with Gasteiger partial charge in [0, 0.05) is 37.2 Å². The van der Waals surface area contributed by atoms with E-state index < -0.39 is 0 Å². The molecule has 4 nitrogen and oxygen atoms in total. The molecule has 1 amide bonds. The fourth-order valence-corrected chi connectivity index (χ4v) is 4.75. The number of anilines is 1. The maximum atomic E-state index is 12.7. The van der Waals surface area contributed by atoms with E-state index in [1.54, 1.807) is 0 Å². The lowest BCUT2D eigenvalue weighted by molar-refractivity contribution is -0.172. The molecule has 0 radical (unpaired) electrons. The fraction of sp³-hybridized carbons (Fsp3) is 0.650. The number of hydrogen-bond donors (Lipinski definition) is 1. The van der Waals surface area contributed by atoms with Crippen molar-refractivity contribution in [2.24, 2.45) is 5.41 Å². The molecule has 3 rings (SSSR count). The monoisotopic (exact) mass is 330 g/mol. The zero-order valence-electron chi connectivity index (χ0n) is 15.0. The number of aryl methyl sites for hydroxylation is 1. The van der Waals surface area contributed by atoms with Crippen LogP contribution in [-0.4, -0.2) is 36.6 Å². The van der Waals surface area contributed by atoms with Gasteiger partial charge in [-0.05, 0) is 44.2 Å². The molecule has 0 saturated heterocycles. The van der Waals surface area contributed by atoms with E-state index in [1.165, 1.54) is 25.7 Å². The number of carbonyl (C=O) groups excluding carboxylic acids is 1. The number of para-hydroxylation sites is 1. The lowest BCUT2D eigenvalue weighted by Crippen LogP contribution is -2.64. The van der Waals surface area contributed by atoms with Crippen LogP contribution in [0.5, 0.6) is 0 Å². The largest absolute Gasteiger partial charge is 0.399 e. The number of ether oxygens (including phenoxy) is 1. The van der Waals surface area contributed by atoms with Crippen molar-refractivity contribution in [3.63, 3.8) is 0 Å². The van der Waals surface area contributed by atoms with E-state index in [4.69, 9.17) is 10.5 Å². The van der Waals surface area contributed by atoms with E-state index in [2.05, 4.69) is 6.92 Å². The minimum Gasteiger partial charge on any atom is -0.399 e. The first-order valence-corrected chi connectivity index (χ1v) is 9.29. The van der Waals surface area contributed by atoms with Crippen LogP contribution in [0.15, 0.2) is 24.3 Å². The van der Waals surface area contributed by atoms with Crippen molar-refractivity contribution in [2.45, 2.75) is 64.0 Å². The lowest BCUT2D eigenvalue weighted by Gasteiger charge is -2.57. The third-order valence-corrected chi connectivity index (χ3v) is 6.17. The highest BCUT2D eigenvalue weighted by Crippen LogP contribution is 2.56. The van der Waals surface area contributed by atoms with E-state index in [0.29, 0.717) is 25.0 Å². The first-order chi connectivity index (χ1) is 11.6. The predicted molar refractivity (Wildman–Crippen MR) is 96.7 cm³/mol. The van der Waals surface area contributed by atoms with Crippen molar-refractivity contribution in [1.82, 2.24) is 4.90 Å². The van der Waals surface area contributed by atoms with Crippen LogP contribution < -0.4 is 5.73 Å². The molecule has 132 valence electrons. The van der Waals surface area contributed by atoms with Crippen molar-refractivity contribution in [3.05, 3.63) is 29.8 Å². The van der Waals surface area contributed by atoms with Crippen LogP contribution in [0.3, 0.4) is 0 Å². The molecular formula is C20H30N2O2. The Hall–Kier alpha value is -1.55. The molecule has 4 heteroatoms. The smallest absolute Gasteiger partial charge is 0.222 e. The summed E-state index contributed by atoms with van der Waals surface area (Å²) in [6.07, 6.45) is 7.50. The van der Waals surface area contributed by atoms with Crippen molar-refractivity contribution in [3.8, 4) is 0 Å². The SMILES string of the molecule is CCOC1CC(N(C)C(=O)CCc2ccccc2N)C12CCCC2. The molecule has 2 saturated carbocycles. The summed E-state index contributed by atoms with van der Waals surface area (Å²) in [5.74, 6) is 0.226. The van der Waals surface area contributed by atoms with Gasteiger partial charge in [-0.15, -0.1) is 0 Å². The van der Waals surface area contributed by atoms with Gasteiger partial charge in [0.2, 0.25) is 5.91 Å². The van der Waals surface area contributed by atoms with Crippen molar-refractivity contribution < 1.29 is 9.53 Å². The summed E-state index contributed by atoms with van der Waals surface area (Å²) in [5, 5.41) is 0. The fourth-order valence-electron chi connectivity index (χ4n) is 4.75. The summed E-state index contributed by atoms with van der Waals surface area (Å²) in [5.41, 5.74) is 8.04. The molecule has 0 aromatic heterocycles. The van der Waals surface area contributed by atoms with E-state index in [-0.39, 0.29) is 11.3 Å². The first-order valence-electron chi connectivity index (χ1n) is 9.29. The summed E-state index contributed by atoms with van der Waals surface area (Å²) in [6, 6.07) is 8.16. The van der Waals surface area contributed by atoms with Crippen molar-refractivity contribution in [2.75, 3.05) is 19.4 Å². The minimum atomic E-state index is 0.214. The van der Waals surface area contributed by atoms with Crippen LogP contribution in [-0.2, 0) is 16.0 Å². The Morgan fingerprint density at radius 3 is 2.71 bits per heavy atom. The lowest BCUT2D eigenvalue weighted by atomic mass is 9.60. The molecule has 0 aliphatic heterocycles. The number of nitrogen functional groups attached to an aromatic ring is 1. The molecule has 1 aromatic carbocycles. The molecule has 24 heavy (non-hydrogen) atoms. The third-order valence-electron chi connectivity index (χ3n) is 6.17. The number of benzene rings is 1. The van der Waals surface area contributed by atoms with Crippen LogP contribution >= 0.6 is 0 Å². The maximum Gasteiger partial charge on any atom is 0.222 e. The Kier molecular flexibility index (Phi) is 5.14. The third kappa shape index (κ3) is 3.04. The molecule has 2 fully saturated rings. The highest BCUT2D eigenvalue weighted by atomic mass is 16.5. The summed E-state index contributed by atoms with van der Waals surface area (Å²) < 4.78 is 5.97. The van der Waals surface area contributed by atoms with Crippen molar-refractivity contribution >= 4 is 11.6 Å². The zero-order valence-corrected chi connectivity index (χ0v) is 15.0. The topological polar surface area (TPSA) is 55.6 Å². The number of nitrogens with two attached hydrogens (primary N) is 1. The molecule has 1 aromatic rings. The Balaban J connectivity index is 1.60. The number of rotatable bonds is 6. The van der Waals surface area contributed by atoms with Crippen LogP contribution in [0.1, 0.15) is 51.0 Å². The van der Waals surface area contributed by atoms with Crippen LogP contribution in [0.4, 0.5) is 5.69 Å². The molecular weight excluding hydrogens is 300 g/mol. The van der Waals surface area contributed by atoms with E-state index in [9.17, 15) is 4.79 Å². The molecule has 2 atom stereocenters. The van der Waals surface area contributed by atoms with Gasteiger partial charge in [0.05, 0.1) is 6.10 Å². The van der Waals surface area contributed by atoms with Crippen LogP contribution in [0.25, 0.3) is 0 Å². The molecule has 2 aliphatic rings. The second kappa shape index (κ2) is 7.14. The Labute approximate surface area is 145 Å². The highest BCUT2D eigenvalue weighted by Gasteiger charge is 2.58. The quantitative estimate of drug-likeness (QED) is 0.813. The summed E-state index contributed by atoms with van der Waals surface area (Å²) in [4.78, 5) is 14.7. The molecule has 2 N–H and O–H groups in total. The van der Waals surface area contributed by atoms with E-state index in [1.807, 2.05) is 36.2 Å². The maximum absolute atomic E-state index is 12.7. The summed E-state index contributed by atoms with van der Waals surface area (Å²) >= 11 is 0. The Morgan fingerprint density at radius 2 is 2.04 bits per heavy atom. The zero-order chi connectivity index (χ0) is 17.2. The standard InChI is InChI=1S/C20H30N2O2/c1-3-24-18-14-17(20(18)12-6-7-13-20)22(2)19(23)11-10-15-8-4-5-9-16(15)21/h4-5,8-9,17-18H,3,6-7,10-14,21H2,1-2H3. The minimum absolute atomic E-state index is 0.214. The number of carbonyl (C=O) groups is 1. The Morgan fingerprint density at radius 1 is 1.33 bits per heavy atom. The van der Waals surface area contributed by atoms with Crippen LogP contribution in [0, 0.1) is 5.41 Å². The van der Waals surface area contributed by atoms with Gasteiger partial charge in [-0.2, -0.15) is 0 Å². The second-order valence-corrected chi connectivity index (χ2v) is 7.34. The molecule has 2 unspecified atom stereocenters. The molecule has 0 bridgehead atoms. The molecule has 1 spiro atoms. The van der Waals surface area contributed by atoms with Crippen molar-refractivity contribution in [1.29, 1.82) is 0 Å². The van der Waals surface area contributed by atoms with E-state index in [0.717, 1.165) is 24.3 Å². The number of amides is 1. The molecule has 0 heterocycles. The van der Waals surface area contributed by atoms with E-state index >= 15 is 0 Å². The summed E-state index contributed by atoms with van der Waals surface area (Å²) in [6.45, 7) is 2.83. The highest BCUT2D eigenvalue weighted by molar-refractivity contribution is 5.77. The van der Waals surface area contributed by atoms with Gasteiger partial charge in [-0.25, -0.2) is 0 Å². The van der Waals surface area contributed by atoms with Gasteiger partial charge in [0.15, 0.2) is 0 Å². The number of nitrogens with zero attached hydrogens (tertiary/aromatic N) is 1. The van der Waals surface area contributed by atoms with Gasteiger partial charge in [-0.3, -0.25) is 4.79 Å².